The number of benzene rings is 2. The quantitative estimate of drug-likeness (QED) is 0.828. The van der Waals surface area contributed by atoms with E-state index in [1.54, 1.807) is 0 Å². The molecule has 0 unspecified atom stereocenters. The first kappa shape index (κ1) is 18.5. The van der Waals surface area contributed by atoms with Gasteiger partial charge in [0.1, 0.15) is 12.4 Å². The predicted octanol–water partition coefficient (Wildman–Crippen LogP) is 2.96. The molecule has 0 bridgehead atoms. The molecule has 5 nitrogen and oxygen atoms in total. The summed E-state index contributed by atoms with van der Waals surface area (Å²) in [5, 5.41) is 9.83. The molecule has 2 aromatic rings. The number of ether oxygens (including phenoxy) is 1. The molecule has 0 atom stereocenters. The van der Waals surface area contributed by atoms with Crippen LogP contribution in [0.15, 0.2) is 54.6 Å². The van der Waals surface area contributed by atoms with Crippen molar-refractivity contribution in [2.75, 3.05) is 32.8 Å². The van der Waals surface area contributed by atoms with Crippen molar-refractivity contribution in [3.05, 3.63) is 65.7 Å². The van der Waals surface area contributed by atoms with Gasteiger partial charge in [0.25, 0.3) is 0 Å². The number of amides is 1. The van der Waals surface area contributed by atoms with Gasteiger partial charge in [-0.3, -0.25) is 9.69 Å². The molecule has 144 valence electrons. The number of nitrogens with zero attached hydrogens (tertiary/aromatic N) is 3. The van der Waals surface area contributed by atoms with Gasteiger partial charge in [0, 0.05) is 31.7 Å². The van der Waals surface area contributed by atoms with E-state index >= 15 is 0 Å². The van der Waals surface area contributed by atoms with Crippen LogP contribution in [0, 0.1) is 11.3 Å². The fourth-order valence-electron chi connectivity index (χ4n) is 4.17. The van der Waals surface area contributed by atoms with E-state index in [9.17, 15) is 10.1 Å². The first-order valence-corrected chi connectivity index (χ1v) is 9.88. The lowest BCUT2D eigenvalue weighted by atomic mass is 9.74. The van der Waals surface area contributed by atoms with Gasteiger partial charge in [-0.1, -0.05) is 48.5 Å². The molecule has 0 aliphatic carbocycles. The zero-order chi connectivity index (χ0) is 19.4. The Bertz CT molecular complexity index is 867. The number of rotatable bonds is 3. The second kappa shape index (κ2) is 8.04. The molecule has 1 amide bonds. The number of piperidine rings is 1. The highest BCUT2D eigenvalue weighted by Gasteiger charge is 2.37. The van der Waals surface area contributed by atoms with Gasteiger partial charge in [-0.15, -0.1) is 0 Å². The minimum absolute atomic E-state index is 0.138. The Labute approximate surface area is 166 Å². The monoisotopic (exact) mass is 375 g/mol. The maximum atomic E-state index is 12.9. The SMILES string of the molecule is N#CC1(c2ccccc2)CCN(C(=O)CN2CCOc3ccccc3C2)CC1. The first-order chi connectivity index (χ1) is 13.7. The lowest BCUT2D eigenvalue weighted by Crippen LogP contribution is -2.48. The second-order valence-corrected chi connectivity index (χ2v) is 7.61. The van der Waals surface area contributed by atoms with Crippen LogP contribution < -0.4 is 4.74 Å². The van der Waals surface area contributed by atoms with E-state index in [1.807, 2.05) is 53.4 Å². The molecule has 2 aliphatic heterocycles. The number of hydrogen-bond acceptors (Lipinski definition) is 4. The Kier molecular flexibility index (Phi) is 5.31. The van der Waals surface area contributed by atoms with E-state index in [1.165, 1.54) is 0 Å². The Hall–Kier alpha value is -2.84. The summed E-state index contributed by atoms with van der Waals surface area (Å²) in [6.07, 6.45) is 1.37. The predicted molar refractivity (Wildman–Crippen MR) is 107 cm³/mol. The summed E-state index contributed by atoms with van der Waals surface area (Å²) < 4.78 is 5.79. The minimum Gasteiger partial charge on any atom is -0.492 e. The summed E-state index contributed by atoms with van der Waals surface area (Å²) in [5.41, 5.74) is 1.71. The van der Waals surface area contributed by atoms with E-state index in [4.69, 9.17) is 4.74 Å². The molecule has 2 heterocycles. The molecule has 2 aromatic carbocycles. The number of likely N-dealkylation sites (tertiary alicyclic amines) is 1. The third kappa shape index (κ3) is 3.74. The molecule has 4 rings (SSSR count). The van der Waals surface area contributed by atoms with Gasteiger partial charge < -0.3 is 9.64 Å². The van der Waals surface area contributed by atoms with E-state index < -0.39 is 5.41 Å². The number of hydrogen-bond donors (Lipinski definition) is 0. The smallest absolute Gasteiger partial charge is 0.236 e. The average molecular weight is 375 g/mol. The van der Waals surface area contributed by atoms with E-state index in [-0.39, 0.29) is 5.91 Å². The summed E-state index contributed by atoms with van der Waals surface area (Å²) in [6, 6.07) is 20.5. The standard InChI is InChI=1S/C23H25N3O2/c24-18-23(20-7-2-1-3-8-20)10-12-26(13-11-23)22(27)17-25-14-15-28-21-9-5-4-6-19(21)16-25/h1-9H,10-17H2. The van der Waals surface area contributed by atoms with E-state index in [0.29, 0.717) is 39.1 Å². The van der Waals surface area contributed by atoms with E-state index in [2.05, 4.69) is 17.0 Å². The minimum atomic E-state index is -0.479. The van der Waals surface area contributed by atoms with Gasteiger partial charge in [0.2, 0.25) is 5.91 Å². The topological polar surface area (TPSA) is 56.6 Å². The molecule has 0 spiro atoms. The molecule has 2 aliphatic rings. The maximum Gasteiger partial charge on any atom is 0.236 e. The number of fused-ring (bicyclic) bond motifs is 1. The number of para-hydroxylation sites is 1. The zero-order valence-corrected chi connectivity index (χ0v) is 16.0. The number of nitriles is 1. The summed E-state index contributed by atoms with van der Waals surface area (Å²) >= 11 is 0. The molecule has 0 saturated carbocycles. The summed E-state index contributed by atoms with van der Waals surface area (Å²) in [4.78, 5) is 17.0. The van der Waals surface area contributed by atoms with Gasteiger partial charge in [0.15, 0.2) is 0 Å². The number of carbonyl (C=O) groups is 1. The third-order valence-corrected chi connectivity index (χ3v) is 5.90. The average Bonchev–Trinajstić information content (AvgIpc) is 2.96. The normalized spacial score (nSPS) is 19.0. The van der Waals surface area contributed by atoms with E-state index in [0.717, 1.165) is 30.0 Å². The number of carbonyl (C=O) groups excluding carboxylic acids is 1. The molecule has 1 fully saturated rings. The van der Waals surface area contributed by atoms with Crippen molar-refractivity contribution in [1.29, 1.82) is 5.26 Å². The molecule has 28 heavy (non-hydrogen) atoms. The van der Waals surface area contributed by atoms with Gasteiger partial charge in [0.05, 0.1) is 18.0 Å². The van der Waals surface area contributed by atoms with Crippen LogP contribution in [0.1, 0.15) is 24.0 Å². The molecule has 0 radical (unpaired) electrons. The van der Waals surface area contributed by atoms with Crippen LogP contribution in [0.4, 0.5) is 0 Å². The lowest BCUT2D eigenvalue weighted by Gasteiger charge is -2.38. The van der Waals surface area contributed by atoms with Gasteiger partial charge in [-0.25, -0.2) is 0 Å². The van der Waals surface area contributed by atoms with Crippen LogP contribution >= 0.6 is 0 Å². The molecule has 0 aromatic heterocycles. The van der Waals surface area contributed by atoms with Crippen molar-refractivity contribution in [3.63, 3.8) is 0 Å². The van der Waals surface area contributed by atoms with Gasteiger partial charge in [-0.05, 0) is 24.5 Å². The van der Waals surface area contributed by atoms with Crippen molar-refractivity contribution in [2.45, 2.75) is 24.8 Å². The molecule has 5 heteroatoms. The van der Waals surface area contributed by atoms with Crippen molar-refractivity contribution >= 4 is 5.91 Å². The molecule has 0 N–H and O–H groups in total. The highest BCUT2D eigenvalue weighted by atomic mass is 16.5. The van der Waals surface area contributed by atoms with Crippen LogP contribution in [0.25, 0.3) is 0 Å². The van der Waals surface area contributed by atoms with Crippen LogP contribution in [0.5, 0.6) is 5.75 Å². The van der Waals surface area contributed by atoms with Crippen molar-refractivity contribution in [2.24, 2.45) is 0 Å². The highest BCUT2D eigenvalue weighted by Crippen LogP contribution is 2.35. The summed E-state index contributed by atoms with van der Waals surface area (Å²) in [6.45, 7) is 3.70. The summed E-state index contributed by atoms with van der Waals surface area (Å²) in [5.74, 6) is 1.05. The largest absolute Gasteiger partial charge is 0.492 e. The molecular weight excluding hydrogens is 350 g/mol. The third-order valence-electron chi connectivity index (χ3n) is 5.90. The van der Waals surface area contributed by atoms with Gasteiger partial charge >= 0.3 is 0 Å². The maximum absolute atomic E-state index is 12.9. The molecule has 1 saturated heterocycles. The van der Waals surface area contributed by atoms with Gasteiger partial charge in [-0.2, -0.15) is 5.26 Å². The van der Waals surface area contributed by atoms with Crippen LogP contribution in [0.2, 0.25) is 0 Å². The summed E-state index contributed by atoms with van der Waals surface area (Å²) in [7, 11) is 0. The first-order valence-electron chi connectivity index (χ1n) is 9.88. The molecular formula is C23H25N3O2. The van der Waals surface area contributed by atoms with Crippen molar-refractivity contribution < 1.29 is 9.53 Å². The van der Waals surface area contributed by atoms with Crippen LogP contribution in [-0.4, -0.2) is 48.5 Å². The Morgan fingerprint density at radius 1 is 1.04 bits per heavy atom. The Morgan fingerprint density at radius 2 is 1.75 bits per heavy atom. The fraction of sp³-hybridized carbons (Fsp3) is 0.391. The van der Waals surface area contributed by atoms with Crippen molar-refractivity contribution in [1.82, 2.24) is 9.80 Å². The zero-order valence-electron chi connectivity index (χ0n) is 16.0. The Morgan fingerprint density at radius 3 is 2.50 bits per heavy atom. The highest BCUT2D eigenvalue weighted by molar-refractivity contribution is 5.78. The van der Waals surface area contributed by atoms with Crippen LogP contribution in [0.3, 0.4) is 0 Å². The lowest BCUT2D eigenvalue weighted by molar-refractivity contribution is -0.134. The Balaban J connectivity index is 1.37. The second-order valence-electron chi connectivity index (χ2n) is 7.61. The van der Waals surface area contributed by atoms with Crippen molar-refractivity contribution in [3.8, 4) is 11.8 Å². The fourth-order valence-corrected chi connectivity index (χ4v) is 4.17. The van der Waals surface area contributed by atoms with Crippen LogP contribution in [-0.2, 0) is 16.8 Å².